The second-order valence-electron chi connectivity index (χ2n) is 3.52. The van der Waals surface area contributed by atoms with Gasteiger partial charge in [0, 0.05) is 19.1 Å². The van der Waals surface area contributed by atoms with Crippen molar-refractivity contribution in [2.24, 2.45) is 0 Å². The molecule has 1 saturated carbocycles. The van der Waals surface area contributed by atoms with Gasteiger partial charge in [-0.25, -0.2) is 4.79 Å². The molecule has 0 aromatic heterocycles. The molecule has 1 N–H and O–H groups in total. The molecule has 0 unspecified atom stereocenters. The number of carboxylic acid groups (broad SMARTS) is 1. The molecule has 13 heavy (non-hydrogen) atoms. The maximum absolute atomic E-state index is 11.5. The van der Waals surface area contributed by atoms with Crippen molar-refractivity contribution in [3.05, 3.63) is 0 Å². The minimum Gasteiger partial charge on any atom is -0.480 e. The van der Waals surface area contributed by atoms with Crippen LogP contribution in [-0.4, -0.2) is 52.6 Å². The Morgan fingerprint density at radius 2 is 2.15 bits per heavy atom. The van der Waals surface area contributed by atoms with Gasteiger partial charge in [-0.15, -0.1) is 0 Å². The lowest BCUT2D eigenvalue weighted by atomic mass is 10.5. The van der Waals surface area contributed by atoms with Crippen molar-refractivity contribution in [3.8, 4) is 0 Å². The number of carbonyl (C=O) groups is 2. The topological polar surface area (TPSA) is 60.9 Å². The minimum atomic E-state index is -0.939. The van der Waals surface area contributed by atoms with Gasteiger partial charge < -0.3 is 14.9 Å². The Balaban J connectivity index is 1.93. The fourth-order valence-electron chi connectivity index (χ4n) is 1.64. The van der Waals surface area contributed by atoms with Gasteiger partial charge in [0.1, 0.15) is 6.54 Å². The second kappa shape index (κ2) is 2.90. The largest absolute Gasteiger partial charge is 0.480 e. The van der Waals surface area contributed by atoms with Crippen LogP contribution in [-0.2, 0) is 4.79 Å². The summed E-state index contributed by atoms with van der Waals surface area (Å²) in [5, 5.41) is 8.52. The zero-order valence-corrected chi connectivity index (χ0v) is 7.27. The second-order valence-corrected chi connectivity index (χ2v) is 3.52. The number of nitrogens with zero attached hydrogens (tertiary/aromatic N) is 2. The summed E-state index contributed by atoms with van der Waals surface area (Å²) in [7, 11) is 0. The van der Waals surface area contributed by atoms with Crippen LogP contribution in [0.15, 0.2) is 0 Å². The molecule has 0 bridgehead atoms. The first-order valence-electron chi connectivity index (χ1n) is 4.46. The normalized spacial score (nSPS) is 22.6. The molecule has 0 radical (unpaired) electrons. The highest BCUT2D eigenvalue weighted by molar-refractivity contribution is 5.82. The van der Waals surface area contributed by atoms with E-state index >= 15 is 0 Å². The molecule has 0 atom stereocenters. The summed E-state index contributed by atoms with van der Waals surface area (Å²) in [6, 6.07) is 0.288. The van der Waals surface area contributed by atoms with E-state index in [1.54, 1.807) is 4.90 Å². The third-order valence-corrected chi connectivity index (χ3v) is 2.44. The van der Waals surface area contributed by atoms with Crippen LogP contribution in [0.1, 0.15) is 12.8 Å². The average Bonchev–Trinajstić information content (AvgIpc) is 2.81. The third-order valence-electron chi connectivity index (χ3n) is 2.44. The first kappa shape index (κ1) is 8.34. The number of carboxylic acids is 1. The van der Waals surface area contributed by atoms with Gasteiger partial charge in [-0.3, -0.25) is 4.79 Å². The Bertz CT molecular complexity index is 250. The van der Waals surface area contributed by atoms with E-state index < -0.39 is 5.97 Å². The molecule has 5 heteroatoms. The highest BCUT2D eigenvalue weighted by Crippen LogP contribution is 2.29. The highest BCUT2D eigenvalue weighted by Gasteiger charge is 2.39. The van der Waals surface area contributed by atoms with Gasteiger partial charge in [-0.05, 0) is 12.8 Å². The predicted octanol–water partition coefficient (Wildman–Crippen LogP) is -0.0290. The fourth-order valence-corrected chi connectivity index (χ4v) is 1.64. The van der Waals surface area contributed by atoms with Crippen molar-refractivity contribution in [2.75, 3.05) is 19.6 Å². The molecule has 1 saturated heterocycles. The first-order chi connectivity index (χ1) is 6.18. The van der Waals surface area contributed by atoms with Gasteiger partial charge in [0.25, 0.3) is 0 Å². The molecule has 72 valence electrons. The monoisotopic (exact) mass is 184 g/mol. The summed E-state index contributed by atoms with van der Waals surface area (Å²) in [5.74, 6) is -0.939. The molecule has 2 rings (SSSR count). The maximum Gasteiger partial charge on any atom is 0.323 e. The summed E-state index contributed by atoms with van der Waals surface area (Å²) in [5.41, 5.74) is 0. The number of rotatable bonds is 3. The van der Waals surface area contributed by atoms with Gasteiger partial charge in [-0.1, -0.05) is 0 Å². The Morgan fingerprint density at radius 1 is 1.46 bits per heavy atom. The van der Waals surface area contributed by atoms with Crippen molar-refractivity contribution < 1.29 is 14.7 Å². The van der Waals surface area contributed by atoms with E-state index in [9.17, 15) is 9.59 Å². The number of hydrogen-bond acceptors (Lipinski definition) is 2. The fraction of sp³-hybridized carbons (Fsp3) is 0.750. The van der Waals surface area contributed by atoms with Crippen LogP contribution in [0.5, 0.6) is 0 Å². The maximum atomic E-state index is 11.5. The van der Waals surface area contributed by atoms with Gasteiger partial charge in [0.05, 0.1) is 0 Å². The lowest BCUT2D eigenvalue weighted by molar-refractivity contribution is -0.137. The molecule has 0 spiro atoms. The summed E-state index contributed by atoms with van der Waals surface area (Å²) < 4.78 is 0. The van der Waals surface area contributed by atoms with Crippen molar-refractivity contribution in [1.82, 2.24) is 9.80 Å². The smallest absolute Gasteiger partial charge is 0.323 e. The molecular formula is C8H12N2O3. The predicted molar refractivity (Wildman–Crippen MR) is 44.3 cm³/mol. The van der Waals surface area contributed by atoms with Crippen LogP contribution < -0.4 is 0 Å². The van der Waals surface area contributed by atoms with E-state index in [2.05, 4.69) is 0 Å². The summed E-state index contributed by atoms with van der Waals surface area (Å²) in [4.78, 5) is 25.1. The van der Waals surface area contributed by atoms with Crippen molar-refractivity contribution in [3.63, 3.8) is 0 Å². The first-order valence-corrected chi connectivity index (χ1v) is 4.46. The van der Waals surface area contributed by atoms with E-state index in [1.165, 1.54) is 4.90 Å². The van der Waals surface area contributed by atoms with Crippen LogP contribution in [0.25, 0.3) is 0 Å². The van der Waals surface area contributed by atoms with E-state index in [4.69, 9.17) is 5.11 Å². The van der Waals surface area contributed by atoms with Crippen molar-refractivity contribution in [1.29, 1.82) is 0 Å². The van der Waals surface area contributed by atoms with Crippen LogP contribution in [0.2, 0.25) is 0 Å². The molecular weight excluding hydrogens is 172 g/mol. The number of urea groups is 1. The number of aliphatic carboxylic acids is 1. The van der Waals surface area contributed by atoms with E-state index in [1.807, 2.05) is 0 Å². The zero-order chi connectivity index (χ0) is 9.42. The van der Waals surface area contributed by atoms with Gasteiger partial charge in [-0.2, -0.15) is 0 Å². The molecule has 0 aromatic carbocycles. The number of amides is 2. The minimum absolute atomic E-state index is 0.107. The van der Waals surface area contributed by atoms with Crippen LogP contribution in [0.3, 0.4) is 0 Å². The highest BCUT2D eigenvalue weighted by atomic mass is 16.4. The molecule has 2 amide bonds. The van der Waals surface area contributed by atoms with Crippen LogP contribution in [0, 0.1) is 0 Å². The van der Waals surface area contributed by atoms with Gasteiger partial charge >= 0.3 is 12.0 Å². The van der Waals surface area contributed by atoms with Gasteiger partial charge in [0.2, 0.25) is 0 Å². The van der Waals surface area contributed by atoms with Crippen molar-refractivity contribution in [2.45, 2.75) is 18.9 Å². The standard InChI is InChI=1S/C8H12N2O3/c11-7(12)5-9-3-4-10(8(9)13)6-1-2-6/h6H,1-5H2,(H,11,12). The average molecular weight is 184 g/mol. The van der Waals surface area contributed by atoms with E-state index in [0.717, 1.165) is 12.8 Å². The molecule has 2 aliphatic rings. The Morgan fingerprint density at radius 3 is 2.69 bits per heavy atom. The zero-order valence-electron chi connectivity index (χ0n) is 7.27. The SMILES string of the molecule is O=C(O)CN1CCN(C2CC2)C1=O. The van der Waals surface area contributed by atoms with Crippen LogP contribution in [0.4, 0.5) is 4.79 Å². The van der Waals surface area contributed by atoms with Gasteiger partial charge in [0.15, 0.2) is 0 Å². The Kier molecular flexibility index (Phi) is 1.86. The van der Waals surface area contributed by atoms with E-state index in [0.29, 0.717) is 19.1 Å². The number of hydrogen-bond donors (Lipinski definition) is 1. The summed E-state index contributed by atoms with van der Waals surface area (Å²) >= 11 is 0. The molecule has 1 heterocycles. The lowest BCUT2D eigenvalue weighted by Crippen LogP contribution is -2.36. The molecule has 2 fully saturated rings. The lowest BCUT2D eigenvalue weighted by Gasteiger charge is -2.16. The quantitative estimate of drug-likeness (QED) is 0.670. The molecule has 5 nitrogen and oxygen atoms in total. The molecule has 0 aromatic rings. The Labute approximate surface area is 75.9 Å². The van der Waals surface area contributed by atoms with Crippen LogP contribution >= 0.6 is 0 Å². The van der Waals surface area contributed by atoms with Crippen molar-refractivity contribution >= 4 is 12.0 Å². The molecule has 1 aliphatic carbocycles. The summed E-state index contributed by atoms with van der Waals surface area (Å²) in [6.07, 6.45) is 2.15. The van der Waals surface area contributed by atoms with E-state index in [-0.39, 0.29) is 12.6 Å². The Hall–Kier alpha value is -1.26. The molecule has 1 aliphatic heterocycles. The third kappa shape index (κ3) is 1.59. The summed E-state index contributed by atoms with van der Waals surface area (Å²) in [6.45, 7) is 1.08. The number of carbonyl (C=O) groups excluding carboxylic acids is 1.